The van der Waals surface area contributed by atoms with E-state index in [4.69, 9.17) is 10.5 Å². The van der Waals surface area contributed by atoms with Gasteiger partial charge in [0, 0.05) is 18.8 Å². The number of carbonyl (C=O) groups is 1. The minimum Gasteiger partial charge on any atom is -0.444 e. The van der Waals surface area contributed by atoms with E-state index in [0.29, 0.717) is 12.2 Å². The number of halogens is 1. The van der Waals surface area contributed by atoms with Gasteiger partial charge in [-0.1, -0.05) is 0 Å². The first-order valence-electron chi connectivity index (χ1n) is 8.07. The van der Waals surface area contributed by atoms with Crippen LogP contribution in [0.3, 0.4) is 0 Å². The second-order valence-electron chi connectivity index (χ2n) is 7.40. The van der Waals surface area contributed by atoms with E-state index in [-0.39, 0.29) is 17.6 Å². The van der Waals surface area contributed by atoms with E-state index < -0.39 is 17.0 Å². The van der Waals surface area contributed by atoms with Gasteiger partial charge >= 0.3 is 6.09 Å². The Labute approximate surface area is 145 Å². The molecule has 2 aromatic heterocycles. The molecule has 0 aromatic carbocycles. The van der Waals surface area contributed by atoms with Crippen molar-refractivity contribution in [1.82, 2.24) is 19.4 Å². The molecule has 8 heteroatoms. The van der Waals surface area contributed by atoms with Crippen molar-refractivity contribution in [3.05, 3.63) is 36.3 Å². The molecule has 7 nitrogen and oxygen atoms in total. The lowest BCUT2D eigenvalue weighted by Gasteiger charge is -2.49. The molecule has 1 aliphatic heterocycles. The highest BCUT2D eigenvalue weighted by atomic mass is 19.1. The summed E-state index contributed by atoms with van der Waals surface area (Å²) >= 11 is 0. The molecule has 1 atom stereocenters. The lowest BCUT2D eigenvalue weighted by Crippen LogP contribution is -2.59. The van der Waals surface area contributed by atoms with Gasteiger partial charge in [0.1, 0.15) is 11.9 Å². The van der Waals surface area contributed by atoms with Crippen molar-refractivity contribution in [3.63, 3.8) is 0 Å². The van der Waals surface area contributed by atoms with Crippen LogP contribution >= 0.6 is 0 Å². The van der Waals surface area contributed by atoms with Gasteiger partial charge in [0.15, 0.2) is 11.6 Å². The van der Waals surface area contributed by atoms with Crippen LogP contribution < -0.4 is 5.73 Å². The van der Waals surface area contributed by atoms with Gasteiger partial charge in [-0.15, -0.1) is 0 Å². The van der Waals surface area contributed by atoms with Crippen LogP contribution in [0.2, 0.25) is 0 Å². The van der Waals surface area contributed by atoms with Crippen molar-refractivity contribution < 1.29 is 13.9 Å². The topological polar surface area (TPSA) is 86.3 Å². The minimum atomic E-state index is -0.585. The van der Waals surface area contributed by atoms with Gasteiger partial charge in [0.2, 0.25) is 0 Å². The number of likely N-dealkylation sites (tertiary alicyclic amines) is 1. The molecule has 1 amide bonds. The fourth-order valence-corrected chi connectivity index (χ4v) is 2.79. The van der Waals surface area contributed by atoms with E-state index >= 15 is 0 Å². The molecule has 1 saturated heterocycles. The summed E-state index contributed by atoms with van der Waals surface area (Å²) < 4.78 is 21.0. The number of hydrogen-bond acceptors (Lipinski definition) is 5. The van der Waals surface area contributed by atoms with Crippen molar-refractivity contribution in [1.29, 1.82) is 0 Å². The zero-order chi connectivity index (χ0) is 18.4. The lowest BCUT2D eigenvalue weighted by atomic mass is 9.84. The monoisotopic (exact) mass is 347 g/mol. The predicted molar refractivity (Wildman–Crippen MR) is 90.6 cm³/mol. The summed E-state index contributed by atoms with van der Waals surface area (Å²) in [6, 6.07) is 1.21. The molecule has 0 radical (unpaired) electrons. The van der Waals surface area contributed by atoms with Crippen LogP contribution in [0.5, 0.6) is 0 Å². The number of nitrogens with zero attached hydrogens (tertiary/aromatic N) is 4. The van der Waals surface area contributed by atoms with E-state index in [9.17, 15) is 9.18 Å². The van der Waals surface area contributed by atoms with Crippen LogP contribution in [-0.2, 0) is 10.3 Å². The molecule has 134 valence electrons. The largest absolute Gasteiger partial charge is 0.444 e. The number of rotatable bonds is 2. The smallest absolute Gasteiger partial charge is 0.411 e. The summed E-state index contributed by atoms with van der Waals surface area (Å²) in [5.74, 6) is -0.425. The number of pyridine rings is 1. The van der Waals surface area contributed by atoms with Crippen LogP contribution in [0.25, 0.3) is 5.82 Å². The third-order valence-electron chi connectivity index (χ3n) is 4.25. The summed E-state index contributed by atoms with van der Waals surface area (Å²) in [6.45, 7) is 7.98. The highest BCUT2D eigenvalue weighted by Gasteiger charge is 2.48. The fraction of sp³-hybridized carbons (Fsp3) is 0.471. The van der Waals surface area contributed by atoms with Crippen LogP contribution in [0.15, 0.2) is 24.8 Å². The standard InChI is InChI=1S/C17H22FN5O2/c1-16(2,3)25-15(24)23-6-5-17(23,4)13-9-22(10-21-13)14-12(18)7-11(19)8-20-14/h7-10H,5-6,19H2,1-4H3. The number of anilines is 1. The zero-order valence-corrected chi connectivity index (χ0v) is 14.8. The van der Waals surface area contributed by atoms with E-state index in [1.165, 1.54) is 23.2 Å². The van der Waals surface area contributed by atoms with Crippen molar-refractivity contribution >= 4 is 11.8 Å². The van der Waals surface area contributed by atoms with Gasteiger partial charge in [-0.25, -0.2) is 19.2 Å². The Balaban J connectivity index is 1.85. The van der Waals surface area contributed by atoms with Crippen molar-refractivity contribution in [2.24, 2.45) is 0 Å². The number of amides is 1. The van der Waals surface area contributed by atoms with Crippen molar-refractivity contribution in [3.8, 4) is 5.82 Å². The maximum Gasteiger partial charge on any atom is 0.411 e. The number of imidazole rings is 1. The van der Waals surface area contributed by atoms with Crippen molar-refractivity contribution in [2.75, 3.05) is 12.3 Å². The average molecular weight is 347 g/mol. The van der Waals surface area contributed by atoms with Crippen LogP contribution in [0.4, 0.5) is 14.9 Å². The Morgan fingerprint density at radius 1 is 1.40 bits per heavy atom. The molecule has 0 bridgehead atoms. The molecule has 1 fully saturated rings. The minimum absolute atomic E-state index is 0.111. The molecular weight excluding hydrogens is 325 g/mol. The van der Waals surface area contributed by atoms with Gasteiger partial charge in [-0.3, -0.25) is 9.47 Å². The SMILES string of the molecule is CC(C)(C)OC(=O)N1CCC1(C)c1cn(-c2ncc(N)cc2F)cn1. The Bertz CT molecular complexity index is 814. The number of carbonyl (C=O) groups excluding carboxylic acids is 1. The van der Waals surface area contributed by atoms with Crippen LogP contribution in [0.1, 0.15) is 39.8 Å². The molecule has 1 unspecified atom stereocenters. The summed E-state index contributed by atoms with van der Waals surface area (Å²) in [4.78, 5) is 22.4. The zero-order valence-electron chi connectivity index (χ0n) is 14.8. The highest BCUT2D eigenvalue weighted by molar-refractivity contribution is 5.70. The maximum absolute atomic E-state index is 14.1. The summed E-state index contributed by atoms with van der Waals surface area (Å²) in [6.07, 6.45) is 4.91. The number of ether oxygens (including phenoxy) is 1. The van der Waals surface area contributed by atoms with E-state index in [1.54, 1.807) is 11.1 Å². The molecule has 0 aliphatic carbocycles. The molecule has 3 rings (SSSR count). The van der Waals surface area contributed by atoms with Crippen LogP contribution in [-0.4, -0.2) is 37.7 Å². The lowest BCUT2D eigenvalue weighted by molar-refractivity contribution is -0.0415. The summed E-state index contributed by atoms with van der Waals surface area (Å²) in [5, 5.41) is 0. The Morgan fingerprint density at radius 3 is 2.68 bits per heavy atom. The van der Waals surface area contributed by atoms with E-state index in [1.807, 2.05) is 27.7 Å². The van der Waals surface area contributed by atoms with Crippen LogP contribution in [0, 0.1) is 5.82 Å². The van der Waals surface area contributed by atoms with Gasteiger partial charge in [-0.05, 0) is 34.1 Å². The number of hydrogen-bond donors (Lipinski definition) is 1. The normalized spacial score (nSPS) is 20.3. The van der Waals surface area contributed by atoms with Gasteiger partial charge in [0.25, 0.3) is 0 Å². The molecule has 2 aromatic rings. The third-order valence-corrected chi connectivity index (χ3v) is 4.25. The molecule has 1 aliphatic rings. The Morgan fingerprint density at radius 2 is 2.12 bits per heavy atom. The molecule has 2 N–H and O–H groups in total. The van der Waals surface area contributed by atoms with Gasteiger partial charge in [-0.2, -0.15) is 0 Å². The average Bonchev–Trinajstić information content (AvgIpc) is 2.93. The second-order valence-corrected chi connectivity index (χ2v) is 7.40. The first kappa shape index (κ1) is 17.2. The molecule has 3 heterocycles. The number of nitrogen functional groups attached to an aromatic ring is 1. The molecule has 0 saturated carbocycles. The first-order chi connectivity index (χ1) is 11.6. The fourth-order valence-electron chi connectivity index (χ4n) is 2.79. The van der Waals surface area contributed by atoms with Crippen molar-refractivity contribution in [2.45, 2.75) is 45.3 Å². The third kappa shape index (κ3) is 3.16. The summed E-state index contributed by atoms with van der Waals surface area (Å²) in [7, 11) is 0. The summed E-state index contributed by atoms with van der Waals surface area (Å²) in [5.41, 5.74) is 5.28. The van der Waals surface area contributed by atoms with Gasteiger partial charge in [0.05, 0.1) is 23.1 Å². The highest BCUT2D eigenvalue weighted by Crippen LogP contribution is 2.40. The molecule has 0 spiro atoms. The first-order valence-corrected chi connectivity index (χ1v) is 8.07. The molecular formula is C17H22FN5O2. The number of nitrogens with two attached hydrogens (primary N) is 1. The number of aromatic nitrogens is 3. The Hall–Kier alpha value is -2.64. The van der Waals surface area contributed by atoms with E-state index in [0.717, 1.165) is 6.42 Å². The second kappa shape index (κ2) is 5.72. The predicted octanol–water partition coefficient (Wildman–Crippen LogP) is 2.84. The molecule has 25 heavy (non-hydrogen) atoms. The maximum atomic E-state index is 14.1. The van der Waals surface area contributed by atoms with Gasteiger partial charge < -0.3 is 10.5 Å². The van der Waals surface area contributed by atoms with E-state index in [2.05, 4.69) is 9.97 Å². The Kier molecular flexibility index (Phi) is 3.93. The quantitative estimate of drug-likeness (QED) is 0.903.